The lowest BCUT2D eigenvalue weighted by Gasteiger charge is -2.37. The molecule has 0 spiro atoms. The lowest BCUT2D eigenvalue weighted by atomic mass is 10.0. The lowest BCUT2D eigenvalue weighted by Crippen LogP contribution is -2.48. The summed E-state index contributed by atoms with van der Waals surface area (Å²) in [7, 11) is 0. The van der Waals surface area contributed by atoms with Crippen molar-refractivity contribution < 1.29 is 4.52 Å². The monoisotopic (exact) mass is 409 g/mol. The van der Waals surface area contributed by atoms with Gasteiger partial charge in [-0.2, -0.15) is 0 Å². The number of nitrogens with zero attached hydrogens (tertiary/aromatic N) is 3. The summed E-state index contributed by atoms with van der Waals surface area (Å²) in [6, 6.07) is 16.3. The normalized spacial score (nSPS) is 14.3. The number of aromatic nitrogens is 1. The predicted molar refractivity (Wildman–Crippen MR) is 117 cm³/mol. The Bertz CT molecular complexity index is 1050. The van der Waals surface area contributed by atoms with Gasteiger partial charge >= 0.3 is 5.63 Å². The first kappa shape index (κ1) is 19.5. The van der Waals surface area contributed by atoms with Gasteiger partial charge in [-0.05, 0) is 37.6 Å². The maximum Gasteiger partial charge on any atom is 0.382 e. The second kappa shape index (κ2) is 8.29. The summed E-state index contributed by atoms with van der Waals surface area (Å²) in [4.78, 5) is 17.0. The fraction of sp³-hybridized carbons (Fsp3) is 0.304. The van der Waals surface area contributed by atoms with E-state index in [1.165, 1.54) is 5.56 Å². The van der Waals surface area contributed by atoms with E-state index in [2.05, 4.69) is 52.2 Å². The Labute approximate surface area is 175 Å². The van der Waals surface area contributed by atoms with Gasteiger partial charge in [-0.1, -0.05) is 52.7 Å². The SMILES string of the molecule is Cc1ccc(Cc2c(C)noc(=O)c2N2CCN(c3cccc(Cl)c3)CC2)cc1. The van der Waals surface area contributed by atoms with Crippen molar-refractivity contribution in [1.82, 2.24) is 5.16 Å². The Hall–Kier alpha value is -2.79. The highest BCUT2D eigenvalue weighted by atomic mass is 35.5. The molecule has 1 aromatic heterocycles. The van der Waals surface area contributed by atoms with Crippen molar-refractivity contribution in [3.05, 3.63) is 86.4 Å². The molecule has 1 saturated heterocycles. The maximum absolute atomic E-state index is 12.6. The number of halogens is 1. The standard InChI is InChI=1S/C23H24ClN3O2/c1-16-6-8-18(9-7-16)14-21-17(2)25-29-23(28)22(21)27-12-10-26(11-13-27)20-5-3-4-19(24)15-20/h3-9,15H,10-14H2,1-2H3. The van der Waals surface area contributed by atoms with Crippen LogP contribution >= 0.6 is 11.6 Å². The Morgan fingerprint density at radius 3 is 2.38 bits per heavy atom. The third-order valence-electron chi connectivity index (χ3n) is 5.45. The fourth-order valence-corrected chi connectivity index (χ4v) is 3.99. The van der Waals surface area contributed by atoms with Gasteiger partial charge in [0.2, 0.25) is 0 Å². The molecule has 2 heterocycles. The highest BCUT2D eigenvalue weighted by Crippen LogP contribution is 2.26. The molecule has 6 heteroatoms. The van der Waals surface area contributed by atoms with Crippen LogP contribution in [0.25, 0.3) is 0 Å². The van der Waals surface area contributed by atoms with Crippen LogP contribution in [-0.2, 0) is 6.42 Å². The van der Waals surface area contributed by atoms with Gasteiger partial charge in [-0.25, -0.2) is 4.79 Å². The number of hydrogen-bond donors (Lipinski definition) is 0. The van der Waals surface area contributed by atoms with Crippen LogP contribution in [0.15, 0.2) is 57.8 Å². The van der Waals surface area contributed by atoms with Crippen LogP contribution in [0.2, 0.25) is 5.02 Å². The minimum absolute atomic E-state index is 0.367. The predicted octanol–water partition coefficient (Wildman–Crippen LogP) is 4.22. The first-order valence-corrected chi connectivity index (χ1v) is 10.2. The quantitative estimate of drug-likeness (QED) is 0.645. The van der Waals surface area contributed by atoms with Crippen LogP contribution in [0.3, 0.4) is 0 Å². The Morgan fingerprint density at radius 1 is 1.00 bits per heavy atom. The first-order valence-electron chi connectivity index (χ1n) is 9.82. The average Bonchev–Trinajstić information content (AvgIpc) is 2.73. The number of rotatable bonds is 4. The summed E-state index contributed by atoms with van der Waals surface area (Å²) in [6.07, 6.45) is 0.661. The summed E-state index contributed by atoms with van der Waals surface area (Å²) < 4.78 is 5.09. The van der Waals surface area contributed by atoms with Gasteiger partial charge in [0.15, 0.2) is 0 Å². The molecule has 0 atom stereocenters. The summed E-state index contributed by atoms with van der Waals surface area (Å²) in [5.74, 6) is 0. The van der Waals surface area contributed by atoms with Gasteiger partial charge in [-0.15, -0.1) is 0 Å². The van der Waals surface area contributed by atoms with Crippen molar-refractivity contribution in [3.8, 4) is 0 Å². The average molecular weight is 410 g/mol. The molecule has 2 aromatic carbocycles. The molecule has 0 amide bonds. The van der Waals surface area contributed by atoms with Gasteiger partial charge in [0, 0.05) is 48.9 Å². The van der Waals surface area contributed by atoms with Crippen molar-refractivity contribution in [1.29, 1.82) is 0 Å². The van der Waals surface area contributed by atoms with Crippen molar-refractivity contribution >= 4 is 23.0 Å². The maximum atomic E-state index is 12.6. The highest BCUT2D eigenvalue weighted by molar-refractivity contribution is 6.30. The molecular weight excluding hydrogens is 386 g/mol. The van der Waals surface area contributed by atoms with Gasteiger partial charge in [0.05, 0.1) is 5.69 Å². The minimum Gasteiger partial charge on any atom is -0.368 e. The topological polar surface area (TPSA) is 49.6 Å². The van der Waals surface area contributed by atoms with E-state index in [-0.39, 0.29) is 5.63 Å². The number of aryl methyl sites for hydroxylation is 2. The van der Waals surface area contributed by atoms with E-state index >= 15 is 0 Å². The Balaban J connectivity index is 1.58. The van der Waals surface area contributed by atoms with E-state index in [0.717, 1.165) is 53.7 Å². The zero-order valence-electron chi connectivity index (χ0n) is 16.7. The molecule has 0 radical (unpaired) electrons. The van der Waals surface area contributed by atoms with E-state index in [1.807, 2.05) is 25.1 Å². The molecule has 150 valence electrons. The van der Waals surface area contributed by atoms with Crippen LogP contribution < -0.4 is 15.4 Å². The smallest absolute Gasteiger partial charge is 0.368 e. The molecule has 5 nitrogen and oxygen atoms in total. The third-order valence-corrected chi connectivity index (χ3v) is 5.69. The molecule has 0 aliphatic carbocycles. The van der Waals surface area contributed by atoms with Crippen molar-refractivity contribution in [2.75, 3.05) is 36.0 Å². The Kier molecular flexibility index (Phi) is 5.58. The molecule has 0 N–H and O–H groups in total. The van der Waals surface area contributed by atoms with Crippen LogP contribution in [-0.4, -0.2) is 31.3 Å². The van der Waals surface area contributed by atoms with Crippen LogP contribution in [0.5, 0.6) is 0 Å². The van der Waals surface area contributed by atoms with Crippen molar-refractivity contribution in [2.45, 2.75) is 20.3 Å². The molecule has 0 bridgehead atoms. The number of piperazine rings is 1. The molecule has 1 aliphatic rings. The van der Waals surface area contributed by atoms with Crippen LogP contribution in [0.4, 0.5) is 11.4 Å². The Morgan fingerprint density at radius 2 is 1.69 bits per heavy atom. The van der Waals surface area contributed by atoms with E-state index in [9.17, 15) is 4.79 Å². The van der Waals surface area contributed by atoms with E-state index < -0.39 is 0 Å². The third kappa shape index (κ3) is 4.30. The van der Waals surface area contributed by atoms with Gasteiger partial charge in [0.1, 0.15) is 5.69 Å². The second-order valence-electron chi connectivity index (χ2n) is 7.50. The van der Waals surface area contributed by atoms with E-state index in [0.29, 0.717) is 12.1 Å². The zero-order chi connectivity index (χ0) is 20.4. The van der Waals surface area contributed by atoms with Crippen molar-refractivity contribution in [2.24, 2.45) is 0 Å². The highest BCUT2D eigenvalue weighted by Gasteiger charge is 2.24. The van der Waals surface area contributed by atoms with E-state index in [4.69, 9.17) is 16.1 Å². The molecule has 29 heavy (non-hydrogen) atoms. The zero-order valence-corrected chi connectivity index (χ0v) is 17.4. The molecule has 1 aliphatic heterocycles. The molecule has 0 unspecified atom stereocenters. The number of anilines is 2. The van der Waals surface area contributed by atoms with Gasteiger partial charge in [0.25, 0.3) is 0 Å². The molecular formula is C23H24ClN3O2. The summed E-state index contributed by atoms with van der Waals surface area (Å²) in [5, 5.41) is 4.71. The molecule has 4 rings (SSSR count). The van der Waals surface area contributed by atoms with E-state index in [1.54, 1.807) is 0 Å². The summed E-state index contributed by atoms with van der Waals surface area (Å²) in [5.41, 5.74) is 5.46. The first-order chi connectivity index (χ1) is 14.0. The molecule has 0 saturated carbocycles. The second-order valence-corrected chi connectivity index (χ2v) is 7.94. The van der Waals surface area contributed by atoms with Crippen molar-refractivity contribution in [3.63, 3.8) is 0 Å². The van der Waals surface area contributed by atoms with Crippen LogP contribution in [0.1, 0.15) is 22.4 Å². The largest absolute Gasteiger partial charge is 0.382 e. The number of benzene rings is 2. The lowest BCUT2D eigenvalue weighted by molar-refractivity contribution is 0.360. The molecule has 1 fully saturated rings. The van der Waals surface area contributed by atoms with Crippen LogP contribution in [0, 0.1) is 13.8 Å². The number of hydrogen-bond acceptors (Lipinski definition) is 5. The fourth-order valence-electron chi connectivity index (χ4n) is 3.81. The summed E-state index contributed by atoms with van der Waals surface area (Å²) in [6.45, 7) is 7.07. The summed E-state index contributed by atoms with van der Waals surface area (Å²) >= 11 is 6.14. The minimum atomic E-state index is -0.367. The molecule has 3 aromatic rings. The van der Waals surface area contributed by atoms with Gasteiger partial charge < -0.3 is 14.3 Å². The van der Waals surface area contributed by atoms with Gasteiger partial charge in [-0.3, -0.25) is 0 Å².